The van der Waals surface area contributed by atoms with E-state index in [4.69, 9.17) is 0 Å². The van der Waals surface area contributed by atoms with Crippen LogP contribution in [0.4, 0.5) is 0 Å². The first kappa shape index (κ1) is 17.0. The van der Waals surface area contributed by atoms with Gasteiger partial charge in [-0.3, -0.25) is 9.69 Å². The Bertz CT molecular complexity index is 327. The summed E-state index contributed by atoms with van der Waals surface area (Å²) in [6.07, 6.45) is 8.78. The summed E-state index contributed by atoms with van der Waals surface area (Å²) in [6, 6.07) is 0.809. The molecule has 0 radical (unpaired) electrons. The minimum absolute atomic E-state index is 0. The average Bonchev–Trinajstić information content (AvgIpc) is 2.92. The van der Waals surface area contributed by atoms with Gasteiger partial charge in [-0.05, 0) is 45.2 Å². The van der Waals surface area contributed by atoms with Crippen LogP contribution in [0.3, 0.4) is 0 Å². The molecule has 3 rings (SSSR count). The fourth-order valence-corrected chi connectivity index (χ4v) is 4.12. The second-order valence-corrected chi connectivity index (χ2v) is 6.68. The van der Waals surface area contributed by atoms with Crippen LogP contribution >= 0.6 is 12.4 Å². The lowest BCUT2D eigenvalue weighted by molar-refractivity contribution is -0.136. The highest BCUT2D eigenvalue weighted by molar-refractivity contribution is 5.85. The van der Waals surface area contributed by atoms with Crippen LogP contribution < -0.4 is 5.32 Å². The number of amides is 1. The van der Waals surface area contributed by atoms with Crippen molar-refractivity contribution in [3.8, 4) is 0 Å². The smallest absolute Gasteiger partial charge is 0.225 e. The predicted octanol–water partition coefficient (Wildman–Crippen LogP) is 1.88. The zero-order valence-electron chi connectivity index (χ0n) is 13.1. The first-order valence-electron chi connectivity index (χ1n) is 8.58. The highest BCUT2D eigenvalue weighted by Crippen LogP contribution is 2.25. The number of nitrogens with zero attached hydrogens (tertiary/aromatic N) is 2. The number of carbonyl (C=O) groups excluding carboxylic acids is 1. The van der Waals surface area contributed by atoms with Gasteiger partial charge in [-0.15, -0.1) is 12.4 Å². The maximum atomic E-state index is 12.6. The van der Waals surface area contributed by atoms with Crippen molar-refractivity contribution in [2.45, 2.75) is 51.0 Å². The van der Waals surface area contributed by atoms with Gasteiger partial charge in [0.1, 0.15) is 0 Å². The van der Waals surface area contributed by atoms with E-state index in [1.54, 1.807) is 0 Å². The Morgan fingerprint density at radius 3 is 2.29 bits per heavy atom. The van der Waals surface area contributed by atoms with Crippen LogP contribution in [0.1, 0.15) is 44.9 Å². The maximum Gasteiger partial charge on any atom is 0.225 e. The van der Waals surface area contributed by atoms with Crippen molar-refractivity contribution in [1.29, 1.82) is 0 Å². The van der Waals surface area contributed by atoms with Gasteiger partial charge in [-0.25, -0.2) is 0 Å². The van der Waals surface area contributed by atoms with Gasteiger partial charge < -0.3 is 10.2 Å². The number of nitrogens with one attached hydrogen (secondary N) is 1. The fraction of sp³-hybridized carbons (Fsp3) is 0.938. The van der Waals surface area contributed by atoms with Crippen molar-refractivity contribution in [2.75, 3.05) is 39.3 Å². The molecule has 3 fully saturated rings. The monoisotopic (exact) mass is 315 g/mol. The molecule has 21 heavy (non-hydrogen) atoms. The van der Waals surface area contributed by atoms with Crippen LogP contribution in [0.2, 0.25) is 0 Å². The minimum Gasteiger partial charge on any atom is -0.341 e. The summed E-state index contributed by atoms with van der Waals surface area (Å²) in [5.74, 6) is 0.717. The molecule has 0 aromatic rings. The van der Waals surface area contributed by atoms with E-state index in [0.29, 0.717) is 5.91 Å². The van der Waals surface area contributed by atoms with Crippen molar-refractivity contribution in [3.05, 3.63) is 0 Å². The number of halogens is 1. The third-order valence-corrected chi connectivity index (χ3v) is 5.37. The van der Waals surface area contributed by atoms with Gasteiger partial charge in [0.25, 0.3) is 0 Å². The van der Waals surface area contributed by atoms with Crippen LogP contribution in [-0.2, 0) is 4.79 Å². The molecule has 1 amide bonds. The van der Waals surface area contributed by atoms with Crippen molar-refractivity contribution in [3.63, 3.8) is 0 Å². The van der Waals surface area contributed by atoms with E-state index in [9.17, 15) is 4.79 Å². The summed E-state index contributed by atoms with van der Waals surface area (Å²) in [5, 5.41) is 3.35. The zero-order valence-corrected chi connectivity index (χ0v) is 13.9. The van der Waals surface area contributed by atoms with Crippen molar-refractivity contribution < 1.29 is 4.79 Å². The molecule has 4 nitrogen and oxygen atoms in total. The van der Waals surface area contributed by atoms with Gasteiger partial charge in [0.05, 0.1) is 0 Å². The van der Waals surface area contributed by atoms with Crippen LogP contribution in [0, 0.1) is 5.92 Å². The van der Waals surface area contributed by atoms with Crippen molar-refractivity contribution >= 4 is 18.3 Å². The van der Waals surface area contributed by atoms with Crippen molar-refractivity contribution in [1.82, 2.24) is 15.1 Å². The fourth-order valence-electron chi connectivity index (χ4n) is 4.12. The molecule has 122 valence electrons. The highest BCUT2D eigenvalue weighted by Gasteiger charge is 2.29. The maximum absolute atomic E-state index is 12.6. The standard InChI is InChI=1S/C16H29N3O.ClH/c20-16(14-6-8-17-9-7-14)19-11-3-10-18(12-13-19)15-4-1-2-5-15;/h14-15,17H,1-13H2;1H. The summed E-state index contributed by atoms with van der Waals surface area (Å²) in [7, 11) is 0. The Labute approximate surface area is 135 Å². The molecule has 1 saturated carbocycles. The quantitative estimate of drug-likeness (QED) is 0.845. The van der Waals surface area contributed by atoms with E-state index in [-0.39, 0.29) is 18.3 Å². The van der Waals surface area contributed by atoms with Gasteiger partial charge in [0, 0.05) is 38.1 Å². The van der Waals surface area contributed by atoms with E-state index in [1.165, 1.54) is 32.2 Å². The van der Waals surface area contributed by atoms with Gasteiger partial charge >= 0.3 is 0 Å². The summed E-state index contributed by atoms with van der Waals surface area (Å²) >= 11 is 0. The van der Waals surface area contributed by atoms with Crippen LogP contribution in [0.25, 0.3) is 0 Å². The molecule has 1 N–H and O–H groups in total. The third-order valence-electron chi connectivity index (χ3n) is 5.37. The topological polar surface area (TPSA) is 35.6 Å². The average molecular weight is 316 g/mol. The summed E-state index contributed by atoms with van der Waals surface area (Å²) < 4.78 is 0. The molecule has 2 saturated heterocycles. The molecule has 5 heteroatoms. The third kappa shape index (κ3) is 4.33. The van der Waals surface area contributed by atoms with E-state index in [0.717, 1.165) is 58.0 Å². The Kier molecular flexibility index (Phi) is 6.77. The molecule has 2 aliphatic heterocycles. The summed E-state index contributed by atoms with van der Waals surface area (Å²) in [4.78, 5) is 17.4. The van der Waals surface area contributed by atoms with Gasteiger partial charge in [0.15, 0.2) is 0 Å². The van der Waals surface area contributed by atoms with Gasteiger partial charge in [0.2, 0.25) is 5.91 Å². The van der Waals surface area contributed by atoms with Crippen LogP contribution in [0.15, 0.2) is 0 Å². The van der Waals surface area contributed by atoms with E-state index >= 15 is 0 Å². The molecule has 0 atom stereocenters. The van der Waals surface area contributed by atoms with Gasteiger partial charge in [-0.2, -0.15) is 0 Å². The second kappa shape index (κ2) is 8.35. The summed E-state index contributed by atoms with van der Waals surface area (Å²) in [6.45, 7) is 6.25. The molecule has 2 heterocycles. The molecule has 0 unspecified atom stereocenters. The lowest BCUT2D eigenvalue weighted by Gasteiger charge is -2.30. The number of rotatable bonds is 2. The molecule has 0 bridgehead atoms. The summed E-state index contributed by atoms with van der Waals surface area (Å²) in [5.41, 5.74) is 0. The number of hydrogen-bond donors (Lipinski definition) is 1. The Morgan fingerprint density at radius 2 is 1.57 bits per heavy atom. The van der Waals surface area contributed by atoms with E-state index < -0.39 is 0 Å². The highest BCUT2D eigenvalue weighted by atomic mass is 35.5. The Morgan fingerprint density at radius 1 is 0.857 bits per heavy atom. The SMILES string of the molecule is Cl.O=C(C1CCNCC1)N1CCCN(C2CCCC2)CC1. The Balaban J connectivity index is 0.00000161. The Hall–Kier alpha value is -0.320. The van der Waals surface area contributed by atoms with Crippen molar-refractivity contribution in [2.24, 2.45) is 5.92 Å². The number of carbonyl (C=O) groups is 1. The normalized spacial score (nSPS) is 26.4. The van der Waals surface area contributed by atoms with E-state index in [2.05, 4.69) is 15.1 Å². The first-order chi connectivity index (χ1) is 9.84. The molecule has 0 spiro atoms. The first-order valence-corrected chi connectivity index (χ1v) is 8.58. The van der Waals surface area contributed by atoms with E-state index in [1.807, 2.05) is 0 Å². The van der Waals surface area contributed by atoms with Crippen LogP contribution in [0.5, 0.6) is 0 Å². The number of hydrogen-bond acceptors (Lipinski definition) is 3. The molecule has 3 aliphatic rings. The second-order valence-electron chi connectivity index (χ2n) is 6.68. The lowest BCUT2D eigenvalue weighted by atomic mass is 9.96. The van der Waals surface area contributed by atoms with Crippen LogP contribution in [-0.4, -0.2) is 61.0 Å². The number of piperidine rings is 1. The van der Waals surface area contributed by atoms with Gasteiger partial charge in [-0.1, -0.05) is 12.8 Å². The molecule has 1 aliphatic carbocycles. The molecule has 0 aromatic carbocycles. The minimum atomic E-state index is 0. The predicted molar refractivity (Wildman–Crippen MR) is 87.9 cm³/mol. The lowest BCUT2D eigenvalue weighted by Crippen LogP contribution is -2.43. The molecule has 0 aromatic heterocycles. The largest absolute Gasteiger partial charge is 0.341 e. The molecular formula is C16H30ClN3O. The molecular weight excluding hydrogens is 286 g/mol. The zero-order chi connectivity index (χ0) is 13.8.